The predicted molar refractivity (Wildman–Crippen MR) is 140 cm³/mol. The van der Waals surface area contributed by atoms with Gasteiger partial charge in [0, 0.05) is 24.7 Å². The Balaban J connectivity index is 1.69. The smallest absolute Gasteiger partial charge is 0.169 e. The van der Waals surface area contributed by atoms with Gasteiger partial charge in [-0.3, -0.25) is 0 Å². The molecule has 0 saturated carbocycles. The molecule has 0 aromatic heterocycles. The molecule has 0 fully saturated rings. The second kappa shape index (κ2) is 13.1. The molecular formula is C27H31ClN2O2S. The van der Waals surface area contributed by atoms with Gasteiger partial charge < -0.3 is 19.7 Å². The summed E-state index contributed by atoms with van der Waals surface area (Å²) in [5.74, 6) is 1.73. The highest BCUT2D eigenvalue weighted by molar-refractivity contribution is 7.80. The summed E-state index contributed by atoms with van der Waals surface area (Å²) < 4.78 is 11.5. The van der Waals surface area contributed by atoms with Gasteiger partial charge in [-0.1, -0.05) is 60.1 Å². The Bertz CT molecular complexity index is 1030. The van der Waals surface area contributed by atoms with Crippen molar-refractivity contribution in [3.05, 3.63) is 94.5 Å². The van der Waals surface area contributed by atoms with Crippen LogP contribution in [0.3, 0.4) is 0 Å². The first kappa shape index (κ1) is 24.9. The van der Waals surface area contributed by atoms with Crippen LogP contribution in [-0.2, 0) is 19.5 Å². The SMILES string of the molecule is CCOc1ccc(OCC)c(CCNC(=S)N(Cc2ccccc2)Cc2ccccc2Cl)c1. The average molecular weight is 483 g/mol. The minimum absolute atomic E-state index is 0.621. The molecule has 3 rings (SSSR count). The van der Waals surface area contributed by atoms with Crippen LogP contribution in [0.5, 0.6) is 11.5 Å². The van der Waals surface area contributed by atoms with Gasteiger partial charge in [0.25, 0.3) is 0 Å². The summed E-state index contributed by atoms with van der Waals surface area (Å²) in [6.07, 6.45) is 0.766. The van der Waals surface area contributed by atoms with E-state index in [-0.39, 0.29) is 0 Å². The molecule has 0 aliphatic heterocycles. The van der Waals surface area contributed by atoms with E-state index in [4.69, 9.17) is 33.3 Å². The first-order valence-corrected chi connectivity index (χ1v) is 12.1. The van der Waals surface area contributed by atoms with Gasteiger partial charge >= 0.3 is 0 Å². The molecule has 0 aliphatic carbocycles. The molecule has 1 N–H and O–H groups in total. The summed E-state index contributed by atoms with van der Waals surface area (Å²) in [5, 5.41) is 4.87. The predicted octanol–water partition coefficient (Wildman–Crippen LogP) is 6.26. The van der Waals surface area contributed by atoms with Crippen molar-refractivity contribution in [1.29, 1.82) is 0 Å². The molecule has 0 aliphatic rings. The Kier molecular flexibility index (Phi) is 9.85. The first-order valence-electron chi connectivity index (χ1n) is 11.3. The van der Waals surface area contributed by atoms with Gasteiger partial charge in [-0.05, 0) is 73.4 Å². The standard InChI is InChI=1S/C27H31ClN2O2S/c1-3-31-24-14-15-26(32-4-2)22(18-24)16-17-29-27(33)30(19-21-10-6-5-7-11-21)20-23-12-8-9-13-25(23)28/h5-15,18H,3-4,16-17,19-20H2,1-2H3,(H,29,33). The summed E-state index contributed by atoms with van der Waals surface area (Å²) in [7, 11) is 0. The first-order chi connectivity index (χ1) is 16.1. The molecule has 0 radical (unpaired) electrons. The number of nitrogens with zero attached hydrogens (tertiary/aromatic N) is 1. The molecule has 6 heteroatoms. The van der Waals surface area contributed by atoms with Crippen molar-refractivity contribution in [2.75, 3.05) is 19.8 Å². The van der Waals surface area contributed by atoms with Crippen molar-refractivity contribution in [1.82, 2.24) is 10.2 Å². The van der Waals surface area contributed by atoms with Crippen molar-refractivity contribution in [2.24, 2.45) is 0 Å². The quantitative estimate of drug-likeness (QED) is 0.326. The maximum Gasteiger partial charge on any atom is 0.169 e. The van der Waals surface area contributed by atoms with E-state index in [0.717, 1.165) is 34.1 Å². The van der Waals surface area contributed by atoms with E-state index in [1.54, 1.807) is 0 Å². The highest BCUT2D eigenvalue weighted by Gasteiger charge is 2.14. The number of thiocarbonyl (C=S) groups is 1. The molecule has 4 nitrogen and oxygen atoms in total. The number of ether oxygens (including phenoxy) is 2. The van der Waals surface area contributed by atoms with E-state index in [1.807, 2.05) is 74.5 Å². The Morgan fingerprint density at radius 2 is 1.61 bits per heavy atom. The fourth-order valence-electron chi connectivity index (χ4n) is 3.56. The monoisotopic (exact) mass is 482 g/mol. The minimum Gasteiger partial charge on any atom is -0.494 e. The fourth-order valence-corrected chi connectivity index (χ4v) is 3.98. The van der Waals surface area contributed by atoms with Gasteiger partial charge in [-0.25, -0.2) is 0 Å². The molecule has 0 bridgehead atoms. The molecular weight excluding hydrogens is 452 g/mol. The third-order valence-corrected chi connectivity index (χ3v) is 5.91. The maximum absolute atomic E-state index is 6.43. The van der Waals surface area contributed by atoms with Gasteiger partial charge in [-0.15, -0.1) is 0 Å². The number of hydrogen-bond acceptors (Lipinski definition) is 3. The van der Waals surface area contributed by atoms with E-state index in [2.05, 4.69) is 22.3 Å². The van der Waals surface area contributed by atoms with E-state index >= 15 is 0 Å². The van der Waals surface area contributed by atoms with Crippen LogP contribution in [0.25, 0.3) is 0 Å². The lowest BCUT2D eigenvalue weighted by Gasteiger charge is -2.27. The zero-order valence-electron chi connectivity index (χ0n) is 19.2. The largest absolute Gasteiger partial charge is 0.494 e. The molecule has 0 heterocycles. The highest BCUT2D eigenvalue weighted by Crippen LogP contribution is 2.25. The van der Waals surface area contributed by atoms with E-state index in [9.17, 15) is 0 Å². The van der Waals surface area contributed by atoms with Crippen LogP contribution >= 0.6 is 23.8 Å². The van der Waals surface area contributed by atoms with Crippen LogP contribution in [0.1, 0.15) is 30.5 Å². The molecule has 0 amide bonds. The van der Waals surface area contributed by atoms with Crippen molar-refractivity contribution in [3.63, 3.8) is 0 Å². The number of hydrogen-bond donors (Lipinski definition) is 1. The fraction of sp³-hybridized carbons (Fsp3) is 0.296. The highest BCUT2D eigenvalue weighted by atomic mass is 35.5. The number of halogens is 1. The zero-order chi connectivity index (χ0) is 23.5. The lowest BCUT2D eigenvalue weighted by atomic mass is 10.1. The Morgan fingerprint density at radius 3 is 2.33 bits per heavy atom. The van der Waals surface area contributed by atoms with Gasteiger partial charge in [0.05, 0.1) is 13.2 Å². The van der Waals surface area contributed by atoms with Crippen LogP contribution in [0.4, 0.5) is 0 Å². The van der Waals surface area contributed by atoms with Gasteiger partial charge in [0.1, 0.15) is 11.5 Å². The third kappa shape index (κ3) is 7.65. The van der Waals surface area contributed by atoms with Crippen LogP contribution in [0, 0.1) is 0 Å². The summed E-state index contributed by atoms with van der Waals surface area (Å²) in [4.78, 5) is 2.14. The molecule has 0 saturated heterocycles. The molecule has 174 valence electrons. The van der Waals surface area contributed by atoms with Crippen molar-refractivity contribution >= 4 is 28.9 Å². The summed E-state index contributed by atoms with van der Waals surface area (Å²) >= 11 is 12.2. The molecule has 33 heavy (non-hydrogen) atoms. The van der Waals surface area contributed by atoms with E-state index in [1.165, 1.54) is 5.56 Å². The van der Waals surface area contributed by atoms with Crippen molar-refractivity contribution < 1.29 is 9.47 Å². The summed E-state index contributed by atoms with van der Waals surface area (Å²) in [6, 6.07) is 24.2. The van der Waals surface area contributed by atoms with Crippen LogP contribution in [-0.4, -0.2) is 29.8 Å². The van der Waals surface area contributed by atoms with Crippen LogP contribution in [0.2, 0.25) is 5.02 Å². The van der Waals surface area contributed by atoms with Crippen molar-refractivity contribution in [2.45, 2.75) is 33.4 Å². The average Bonchev–Trinajstić information content (AvgIpc) is 2.82. The van der Waals surface area contributed by atoms with Gasteiger partial charge in [-0.2, -0.15) is 0 Å². The van der Waals surface area contributed by atoms with E-state index < -0.39 is 0 Å². The second-order valence-corrected chi connectivity index (χ2v) is 8.34. The van der Waals surface area contributed by atoms with Crippen LogP contribution < -0.4 is 14.8 Å². The van der Waals surface area contributed by atoms with Gasteiger partial charge in [0.2, 0.25) is 0 Å². The maximum atomic E-state index is 6.43. The van der Waals surface area contributed by atoms with Crippen molar-refractivity contribution in [3.8, 4) is 11.5 Å². The topological polar surface area (TPSA) is 33.7 Å². The molecule has 3 aromatic carbocycles. The zero-order valence-corrected chi connectivity index (χ0v) is 20.8. The summed E-state index contributed by atoms with van der Waals surface area (Å²) in [5.41, 5.74) is 3.33. The molecule has 0 atom stereocenters. The lowest BCUT2D eigenvalue weighted by molar-refractivity contribution is 0.327. The van der Waals surface area contributed by atoms with E-state index in [0.29, 0.717) is 38.0 Å². The number of nitrogens with one attached hydrogen (secondary N) is 1. The lowest BCUT2D eigenvalue weighted by Crippen LogP contribution is -2.39. The second-order valence-electron chi connectivity index (χ2n) is 7.55. The van der Waals surface area contributed by atoms with Gasteiger partial charge in [0.15, 0.2) is 5.11 Å². The third-order valence-electron chi connectivity index (χ3n) is 5.14. The number of benzene rings is 3. The Hall–Kier alpha value is -2.76. The molecule has 0 spiro atoms. The normalized spacial score (nSPS) is 10.5. The Labute approximate surface area is 207 Å². The number of rotatable bonds is 11. The summed E-state index contributed by atoms with van der Waals surface area (Å²) in [6.45, 7) is 7.23. The van der Waals surface area contributed by atoms with Crippen LogP contribution in [0.15, 0.2) is 72.8 Å². The molecule has 0 unspecified atom stereocenters. The molecule has 3 aromatic rings. The Morgan fingerprint density at radius 1 is 0.879 bits per heavy atom. The minimum atomic E-state index is 0.621.